The second-order valence-electron chi connectivity index (χ2n) is 4.61. The predicted octanol–water partition coefficient (Wildman–Crippen LogP) is 1.67. The van der Waals surface area contributed by atoms with E-state index in [4.69, 9.17) is 11.6 Å². The minimum absolute atomic E-state index is 0.0711. The van der Waals surface area contributed by atoms with Crippen molar-refractivity contribution >= 4 is 28.4 Å². The summed E-state index contributed by atoms with van der Waals surface area (Å²) in [4.78, 5) is 28.6. The zero-order valence-electron chi connectivity index (χ0n) is 11.2. The Balaban J connectivity index is 1.94. The van der Waals surface area contributed by atoms with E-state index >= 15 is 0 Å². The van der Waals surface area contributed by atoms with Crippen molar-refractivity contribution in [2.24, 2.45) is 7.05 Å². The van der Waals surface area contributed by atoms with E-state index in [9.17, 15) is 9.59 Å². The lowest BCUT2D eigenvalue weighted by Crippen LogP contribution is -2.24. The quantitative estimate of drug-likeness (QED) is 0.690. The van der Waals surface area contributed by atoms with Gasteiger partial charge in [0.05, 0.1) is 12.7 Å². The van der Waals surface area contributed by atoms with Gasteiger partial charge in [0, 0.05) is 17.6 Å². The highest BCUT2D eigenvalue weighted by molar-refractivity contribution is 6.30. The van der Waals surface area contributed by atoms with E-state index in [-0.39, 0.29) is 17.9 Å². The molecule has 0 atom stereocenters. The van der Waals surface area contributed by atoms with E-state index in [1.54, 1.807) is 31.3 Å². The second-order valence-corrected chi connectivity index (χ2v) is 5.05. The van der Waals surface area contributed by atoms with Crippen LogP contribution in [0.5, 0.6) is 0 Å². The molecular weight excluding hydrogens is 292 g/mol. The molecule has 0 amide bonds. The van der Waals surface area contributed by atoms with Crippen molar-refractivity contribution in [1.29, 1.82) is 0 Å². The van der Waals surface area contributed by atoms with Gasteiger partial charge < -0.3 is 0 Å². The van der Waals surface area contributed by atoms with E-state index in [0.29, 0.717) is 21.6 Å². The van der Waals surface area contributed by atoms with Crippen LogP contribution in [0.2, 0.25) is 5.02 Å². The number of aryl methyl sites for hydroxylation is 1. The van der Waals surface area contributed by atoms with Crippen LogP contribution in [-0.2, 0) is 13.6 Å². The van der Waals surface area contributed by atoms with Crippen LogP contribution < -0.4 is 5.56 Å². The van der Waals surface area contributed by atoms with E-state index in [1.165, 1.54) is 21.8 Å². The Morgan fingerprint density at radius 1 is 1.29 bits per heavy atom. The van der Waals surface area contributed by atoms with E-state index in [1.807, 2.05) is 0 Å². The number of hydrogen-bond acceptors (Lipinski definition) is 4. The highest BCUT2D eigenvalue weighted by atomic mass is 35.5. The van der Waals surface area contributed by atoms with Crippen molar-refractivity contribution in [1.82, 2.24) is 19.3 Å². The van der Waals surface area contributed by atoms with E-state index in [2.05, 4.69) is 10.1 Å². The number of carbonyl (C=O) groups is 1. The fourth-order valence-corrected chi connectivity index (χ4v) is 2.19. The molecule has 0 bridgehead atoms. The average Bonchev–Trinajstić information content (AvgIpc) is 2.85. The molecule has 0 aliphatic carbocycles. The number of ketones is 1. The zero-order chi connectivity index (χ0) is 15.0. The maximum absolute atomic E-state index is 12.3. The highest BCUT2D eigenvalue weighted by Gasteiger charge is 2.12. The smallest absolute Gasteiger partial charge is 0.264 e. The molecule has 0 spiro atoms. The normalized spacial score (nSPS) is 11.0. The number of fused-ring (bicyclic) bond motifs is 1. The SMILES string of the molecule is Cn1ncc2c(=O)n(CC(=O)c3ccc(Cl)cc3)cnc21. The zero-order valence-corrected chi connectivity index (χ0v) is 11.9. The number of nitrogens with zero attached hydrogens (tertiary/aromatic N) is 4. The number of Topliss-reactive ketones (excluding diaryl/α,β-unsaturated/α-hetero) is 1. The summed E-state index contributed by atoms with van der Waals surface area (Å²) in [6, 6.07) is 6.54. The minimum Gasteiger partial charge on any atom is -0.292 e. The number of rotatable bonds is 3. The van der Waals surface area contributed by atoms with Crippen molar-refractivity contribution in [3.63, 3.8) is 0 Å². The summed E-state index contributed by atoms with van der Waals surface area (Å²) in [5.74, 6) is -0.182. The molecule has 7 heteroatoms. The molecule has 0 aliphatic rings. The number of aromatic nitrogens is 4. The summed E-state index contributed by atoms with van der Waals surface area (Å²) >= 11 is 5.78. The van der Waals surface area contributed by atoms with Gasteiger partial charge in [-0.15, -0.1) is 0 Å². The Hall–Kier alpha value is -2.47. The van der Waals surface area contributed by atoms with Gasteiger partial charge in [0.2, 0.25) is 0 Å². The molecule has 0 fully saturated rings. The van der Waals surface area contributed by atoms with Crippen LogP contribution in [0.3, 0.4) is 0 Å². The summed E-state index contributed by atoms with van der Waals surface area (Å²) in [7, 11) is 1.71. The van der Waals surface area contributed by atoms with Crippen LogP contribution in [0.1, 0.15) is 10.4 Å². The Kier molecular flexibility index (Phi) is 3.31. The number of carbonyl (C=O) groups excluding carboxylic acids is 1. The maximum Gasteiger partial charge on any atom is 0.264 e. The van der Waals surface area contributed by atoms with Crippen molar-refractivity contribution in [2.45, 2.75) is 6.54 Å². The van der Waals surface area contributed by atoms with Crippen molar-refractivity contribution < 1.29 is 4.79 Å². The molecule has 1 aromatic carbocycles. The van der Waals surface area contributed by atoms with Crippen molar-refractivity contribution in [2.75, 3.05) is 0 Å². The molecule has 21 heavy (non-hydrogen) atoms. The lowest BCUT2D eigenvalue weighted by Gasteiger charge is -2.05. The monoisotopic (exact) mass is 302 g/mol. The molecule has 106 valence electrons. The first kappa shape index (κ1) is 13.5. The van der Waals surface area contributed by atoms with Gasteiger partial charge in [-0.2, -0.15) is 5.10 Å². The first-order chi connectivity index (χ1) is 10.1. The van der Waals surface area contributed by atoms with Gasteiger partial charge >= 0.3 is 0 Å². The molecular formula is C14H11ClN4O2. The number of hydrogen-bond donors (Lipinski definition) is 0. The summed E-state index contributed by atoms with van der Waals surface area (Å²) in [5.41, 5.74) is 0.711. The average molecular weight is 303 g/mol. The Labute approximate surface area is 124 Å². The largest absolute Gasteiger partial charge is 0.292 e. The summed E-state index contributed by atoms with van der Waals surface area (Å²) in [5, 5.41) is 4.94. The van der Waals surface area contributed by atoms with Gasteiger partial charge in [-0.05, 0) is 24.3 Å². The highest BCUT2D eigenvalue weighted by Crippen LogP contribution is 2.11. The first-order valence-electron chi connectivity index (χ1n) is 6.22. The lowest BCUT2D eigenvalue weighted by atomic mass is 10.1. The fourth-order valence-electron chi connectivity index (χ4n) is 2.06. The van der Waals surface area contributed by atoms with E-state index < -0.39 is 0 Å². The predicted molar refractivity (Wildman–Crippen MR) is 78.6 cm³/mol. The molecule has 2 heterocycles. The van der Waals surface area contributed by atoms with Crippen LogP contribution in [0, 0.1) is 0 Å². The molecule has 0 N–H and O–H groups in total. The Morgan fingerprint density at radius 2 is 2.00 bits per heavy atom. The second kappa shape index (κ2) is 5.14. The third-order valence-corrected chi connectivity index (χ3v) is 3.45. The van der Waals surface area contributed by atoms with Gasteiger partial charge in [0.25, 0.3) is 5.56 Å². The van der Waals surface area contributed by atoms with Gasteiger partial charge in [-0.3, -0.25) is 18.8 Å². The third-order valence-electron chi connectivity index (χ3n) is 3.20. The van der Waals surface area contributed by atoms with Crippen LogP contribution in [-0.4, -0.2) is 25.1 Å². The van der Waals surface area contributed by atoms with Gasteiger partial charge in [0.15, 0.2) is 11.4 Å². The summed E-state index contributed by atoms with van der Waals surface area (Å²) in [6.45, 7) is -0.0711. The Morgan fingerprint density at radius 3 is 2.71 bits per heavy atom. The molecule has 6 nitrogen and oxygen atoms in total. The molecule has 0 radical (unpaired) electrons. The third kappa shape index (κ3) is 2.45. The molecule has 0 saturated heterocycles. The molecule has 3 rings (SSSR count). The van der Waals surface area contributed by atoms with Crippen LogP contribution in [0.25, 0.3) is 11.0 Å². The Bertz CT molecular complexity index is 880. The number of benzene rings is 1. The molecule has 0 unspecified atom stereocenters. The summed E-state index contributed by atoms with van der Waals surface area (Å²) in [6.07, 6.45) is 2.81. The molecule has 3 aromatic rings. The van der Waals surface area contributed by atoms with Crippen molar-refractivity contribution in [3.8, 4) is 0 Å². The first-order valence-corrected chi connectivity index (χ1v) is 6.60. The van der Waals surface area contributed by atoms with Gasteiger partial charge in [-0.1, -0.05) is 11.6 Å². The van der Waals surface area contributed by atoms with Crippen LogP contribution >= 0.6 is 11.6 Å². The molecule has 0 saturated carbocycles. The standard InChI is InChI=1S/C14H11ClN4O2/c1-18-13-11(6-17-18)14(21)19(8-16-13)7-12(20)9-2-4-10(15)5-3-9/h2-6,8H,7H2,1H3. The van der Waals surface area contributed by atoms with Gasteiger partial charge in [-0.25, -0.2) is 4.98 Å². The van der Waals surface area contributed by atoms with Crippen LogP contribution in [0.15, 0.2) is 41.6 Å². The van der Waals surface area contributed by atoms with Gasteiger partial charge in [0.1, 0.15) is 11.7 Å². The topological polar surface area (TPSA) is 69.8 Å². The van der Waals surface area contributed by atoms with Crippen molar-refractivity contribution in [3.05, 3.63) is 57.7 Å². The van der Waals surface area contributed by atoms with E-state index in [0.717, 1.165) is 0 Å². The lowest BCUT2D eigenvalue weighted by molar-refractivity contribution is 0.0970. The number of halogens is 1. The molecule has 2 aromatic heterocycles. The van der Waals surface area contributed by atoms with Crippen LogP contribution in [0.4, 0.5) is 0 Å². The maximum atomic E-state index is 12.3. The molecule has 0 aliphatic heterocycles. The summed E-state index contributed by atoms with van der Waals surface area (Å²) < 4.78 is 2.79. The fraction of sp³-hybridized carbons (Fsp3) is 0.143. The minimum atomic E-state index is -0.282.